The minimum Gasteiger partial charge on any atom is -0.462 e. The van der Waals surface area contributed by atoms with Gasteiger partial charge in [0.05, 0.1) is 32.8 Å². The van der Waals surface area contributed by atoms with Crippen molar-refractivity contribution in [1.82, 2.24) is 0 Å². The SMILES string of the molecule is CC/C=C\C/C=C\C/C=C\C/C=C\C/C=C\CC(=O)OCC(COP(=O)(O)OCC(O)COP(=O)(O)OCC(COC(=O)CCCCCCCC/C=C\C/C=C\C/C=C\C/C=C\CC)OC(=O)CCCCCCC/C=C\C/C=C\CCC)OC(=O)CCCCCCC/C=C\CCCC. The Morgan fingerprint density at radius 1 is 0.306 bits per heavy atom. The molecule has 19 heteroatoms. The maximum Gasteiger partial charge on any atom is 0.472 e. The quantitative estimate of drug-likeness (QED) is 0.0169. The average molecular weight is 1410 g/mol. The van der Waals surface area contributed by atoms with Gasteiger partial charge in [-0.2, -0.15) is 0 Å². The zero-order valence-corrected chi connectivity index (χ0v) is 62.4. The summed E-state index contributed by atoms with van der Waals surface area (Å²) in [6.45, 7) is 4.35. The van der Waals surface area contributed by atoms with Crippen molar-refractivity contribution in [3.05, 3.63) is 146 Å². The number of allylic oxidation sites excluding steroid dienone is 23. The van der Waals surface area contributed by atoms with Crippen molar-refractivity contribution < 1.29 is 80.2 Å². The van der Waals surface area contributed by atoms with Gasteiger partial charge in [-0.15, -0.1) is 0 Å². The Balaban J connectivity index is 5.40. The van der Waals surface area contributed by atoms with Gasteiger partial charge in [-0.1, -0.05) is 257 Å². The van der Waals surface area contributed by atoms with Gasteiger partial charge >= 0.3 is 39.5 Å². The number of hydrogen-bond acceptors (Lipinski definition) is 15. The summed E-state index contributed by atoms with van der Waals surface area (Å²) in [6.07, 6.45) is 78.8. The van der Waals surface area contributed by atoms with E-state index in [9.17, 15) is 43.2 Å². The van der Waals surface area contributed by atoms with Crippen LogP contribution in [0.4, 0.5) is 0 Å². The fourth-order valence-corrected chi connectivity index (χ4v) is 10.8. The molecular formula is C79H130O17P2. The lowest BCUT2D eigenvalue weighted by atomic mass is 10.1. The topological polar surface area (TPSA) is 237 Å². The maximum absolute atomic E-state index is 13.1. The third-order valence-electron chi connectivity index (χ3n) is 14.8. The molecule has 0 aromatic rings. The Bertz CT molecular complexity index is 2430. The van der Waals surface area contributed by atoms with Gasteiger partial charge in [0.1, 0.15) is 19.3 Å². The van der Waals surface area contributed by atoms with Crippen LogP contribution in [0.15, 0.2) is 146 Å². The van der Waals surface area contributed by atoms with Crippen LogP contribution in [0.2, 0.25) is 0 Å². The van der Waals surface area contributed by atoms with E-state index in [-0.39, 0.29) is 25.7 Å². The van der Waals surface area contributed by atoms with Gasteiger partial charge in [0.25, 0.3) is 0 Å². The molecule has 0 aliphatic carbocycles. The zero-order valence-electron chi connectivity index (χ0n) is 60.7. The summed E-state index contributed by atoms with van der Waals surface area (Å²) in [4.78, 5) is 72.7. The lowest BCUT2D eigenvalue weighted by molar-refractivity contribution is -0.161. The first-order valence-electron chi connectivity index (χ1n) is 37.1. The van der Waals surface area contributed by atoms with Crippen molar-refractivity contribution in [2.45, 2.75) is 290 Å². The molecule has 558 valence electrons. The molecule has 0 amide bonds. The van der Waals surface area contributed by atoms with Gasteiger partial charge in [-0.25, -0.2) is 9.13 Å². The first kappa shape index (κ1) is 92.9. The predicted octanol–water partition coefficient (Wildman–Crippen LogP) is 21.1. The van der Waals surface area contributed by atoms with Crippen LogP contribution in [0.1, 0.15) is 272 Å². The number of aliphatic hydroxyl groups is 1. The highest BCUT2D eigenvalue weighted by molar-refractivity contribution is 7.47. The summed E-state index contributed by atoms with van der Waals surface area (Å²) in [5.41, 5.74) is 0. The molecule has 0 rings (SSSR count). The molecule has 0 bridgehead atoms. The van der Waals surface area contributed by atoms with Crippen LogP contribution < -0.4 is 0 Å². The lowest BCUT2D eigenvalue weighted by Gasteiger charge is -2.21. The molecule has 0 aromatic heterocycles. The molecule has 0 aliphatic heterocycles. The molecule has 17 nitrogen and oxygen atoms in total. The second-order valence-corrected chi connectivity index (χ2v) is 27.0. The van der Waals surface area contributed by atoms with Gasteiger partial charge in [-0.05, 0) is 135 Å². The molecule has 0 fully saturated rings. The van der Waals surface area contributed by atoms with Gasteiger partial charge in [0.15, 0.2) is 12.2 Å². The fraction of sp³-hybridized carbons (Fsp3) is 0.646. The standard InChI is InChI=1S/C79H130O17P2/c1-5-9-13-17-21-25-29-32-34-35-36-37-39-42-45-48-52-56-60-64-77(82)90-70-75(96-79(84)66-62-58-54-50-46-40-31-27-23-19-15-11-7-3)72-94-98(87,88)92-68-73(80)67-91-97(85,86)93-71-74(95-78(83)65-61-57-53-49-43-28-24-20-16-12-8-4)69-89-76(81)63-59-55-51-47-44-41-38-33-30-26-22-18-14-10-6-2/h9-10,13-15,19-22,24-27,31-34,36-38,44,47,55,59,73-75,80H,5-8,11-12,16-18,23,28-30,35,39-43,45-46,48-54,56-58,60-72H2,1-4H3,(H,85,86)(H,87,88)/b13-9-,14-10-,19-15-,24-20-,25-21-,26-22-,31-27-,34-32-,37-36-,38-33-,47-44-,59-55-. The molecule has 0 aromatic carbocycles. The summed E-state index contributed by atoms with van der Waals surface area (Å²) in [7, 11) is -9.99. The molecule has 5 unspecified atom stereocenters. The van der Waals surface area contributed by atoms with Crippen LogP contribution >= 0.6 is 15.6 Å². The van der Waals surface area contributed by atoms with Crippen LogP contribution in [0.25, 0.3) is 0 Å². The molecular weight excluding hydrogens is 1280 g/mol. The predicted molar refractivity (Wildman–Crippen MR) is 399 cm³/mol. The monoisotopic (exact) mass is 1410 g/mol. The van der Waals surface area contributed by atoms with Crippen LogP contribution in [0.3, 0.4) is 0 Å². The number of carbonyl (C=O) groups excluding carboxylic acids is 4. The number of phosphoric ester groups is 2. The van der Waals surface area contributed by atoms with E-state index in [4.69, 9.17) is 37.0 Å². The molecule has 3 N–H and O–H groups in total. The van der Waals surface area contributed by atoms with Crippen LogP contribution in [-0.4, -0.2) is 96.7 Å². The van der Waals surface area contributed by atoms with E-state index in [0.29, 0.717) is 25.7 Å². The molecule has 0 heterocycles. The van der Waals surface area contributed by atoms with Crippen molar-refractivity contribution in [1.29, 1.82) is 0 Å². The Hall–Kier alpha value is -5.06. The number of phosphoric acid groups is 2. The maximum atomic E-state index is 13.1. The molecule has 0 radical (unpaired) electrons. The Labute approximate surface area is 592 Å². The van der Waals surface area contributed by atoms with Gasteiger partial charge in [0.2, 0.25) is 0 Å². The van der Waals surface area contributed by atoms with Crippen LogP contribution in [-0.2, 0) is 65.4 Å². The second-order valence-electron chi connectivity index (χ2n) is 24.1. The first-order valence-corrected chi connectivity index (χ1v) is 40.1. The molecule has 0 spiro atoms. The molecule has 5 atom stereocenters. The summed E-state index contributed by atoms with van der Waals surface area (Å²) in [6, 6.07) is 0. The third kappa shape index (κ3) is 69.4. The largest absolute Gasteiger partial charge is 0.472 e. The minimum atomic E-state index is -5.00. The Morgan fingerprint density at radius 2 is 0.592 bits per heavy atom. The van der Waals surface area contributed by atoms with Gasteiger partial charge in [-0.3, -0.25) is 37.3 Å². The average Bonchev–Trinajstić information content (AvgIpc) is 1.94. The van der Waals surface area contributed by atoms with Gasteiger partial charge < -0.3 is 33.8 Å². The lowest BCUT2D eigenvalue weighted by Crippen LogP contribution is -2.30. The smallest absolute Gasteiger partial charge is 0.462 e. The van der Waals surface area contributed by atoms with E-state index in [1.54, 1.807) is 6.08 Å². The molecule has 0 saturated carbocycles. The highest BCUT2D eigenvalue weighted by Crippen LogP contribution is 2.45. The summed E-state index contributed by atoms with van der Waals surface area (Å²) in [5.74, 6) is -2.37. The van der Waals surface area contributed by atoms with Crippen LogP contribution in [0.5, 0.6) is 0 Å². The number of unbranched alkanes of at least 4 members (excludes halogenated alkanes) is 19. The van der Waals surface area contributed by atoms with Crippen LogP contribution in [0, 0.1) is 0 Å². The van der Waals surface area contributed by atoms with Crippen molar-refractivity contribution in [2.75, 3.05) is 39.6 Å². The normalized spacial score (nSPS) is 14.8. The molecule has 0 aliphatic rings. The Morgan fingerprint density at radius 3 is 0.959 bits per heavy atom. The summed E-state index contributed by atoms with van der Waals surface area (Å²) in [5, 5.41) is 10.6. The third-order valence-corrected chi connectivity index (χ3v) is 16.7. The van der Waals surface area contributed by atoms with E-state index in [1.165, 1.54) is 6.42 Å². The number of hydrogen-bond donors (Lipinski definition) is 3. The van der Waals surface area contributed by atoms with E-state index >= 15 is 0 Å². The number of rotatable bonds is 68. The minimum absolute atomic E-state index is 0.0609. The zero-order chi connectivity index (χ0) is 71.8. The van der Waals surface area contributed by atoms with Gasteiger partial charge in [0, 0.05) is 19.3 Å². The highest BCUT2D eigenvalue weighted by atomic mass is 31.2. The van der Waals surface area contributed by atoms with Crippen molar-refractivity contribution >= 4 is 39.5 Å². The van der Waals surface area contributed by atoms with Crippen molar-refractivity contribution in [2.24, 2.45) is 0 Å². The number of carbonyl (C=O) groups is 4. The number of ether oxygens (including phenoxy) is 4. The molecule has 98 heavy (non-hydrogen) atoms. The number of esters is 4. The summed E-state index contributed by atoms with van der Waals surface area (Å²) >= 11 is 0. The van der Waals surface area contributed by atoms with E-state index in [1.807, 2.05) is 18.2 Å². The van der Waals surface area contributed by atoms with E-state index < -0.39 is 97.5 Å². The molecule has 0 saturated heterocycles. The van der Waals surface area contributed by atoms with E-state index in [2.05, 4.69) is 149 Å². The van der Waals surface area contributed by atoms with E-state index in [0.717, 1.165) is 186 Å². The Kier molecular flexibility index (Phi) is 66.7. The fourth-order valence-electron chi connectivity index (χ4n) is 9.18. The summed E-state index contributed by atoms with van der Waals surface area (Å²) < 4.78 is 68.2. The van der Waals surface area contributed by atoms with Crippen molar-refractivity contribution in [3.8, 4) is 0 Å². The number of aliphatic hydroxyl groups excluding tert-OH is 1. The highest BCUT2D eigenvalue weighted by Gasteiger charge is 2.30. The second kappa shape index (κ2) is 70.4. The first-order chi connectivity index (χ1) is 47.7. The van der Waals surface area contributed by atoms with Crippen molar-refractivity contribution in [3.63, 3.8) is 0 Å².